The first-order valence-electron chi connectivity index (χ1n) is 9.25. The third kappa shape index (κ3) is 3.56. The summed E-state index contributed by atoms with van der Waals surface area (Å²) in [6.07, 6.45) is 0. The summed E-state index contributed by atoms with van der Waals surface area (Å²) in [5.41, 5.74) is 0.766. The molecule has 0 N–H and O–H groups in total. The summed E-state index contributed by atoms with van der Waals surface area (Å²) in [6.45, 7) is 5.29. The van der Waals surface area contributed by atoms with Crippen molar-refractivity contribution in [2.24, 2.45) is 0 Å². The molecule has 0 aliphatic carbocycles. The van der Waals surface area contributed by atoms with Crippen LogP contribution in [0.1, 0.15) is 17.3 Å². The topological polar surface area (TPSA) is 58.6 Å². The minimum atomic E-state index is 0.0872. The summed E-state index contributed by atoms with van der Waals surface area (Å²) in [4.78, 5) is 17.1. The molecule has 1 amide bonds. The van der Waals surface area contributed by atoms with Crippen molar-refractivity contribution < 1.29 is 9.53 Å². The molecular formula is C21H22N4O2. The van der Waals surface area contributed by atoms with Gasteiger partial charge in [-0.05, 0) is 29.8 Å². The second-order valence-electron chi connectivity index (χ2n) is 6.47. The first-order valence-corrected chi connectivity index (χ1v) is 9.25. The molecule has 0 radical (unpaired) electrons. The predicted molar refractivity (Wildman–Crippen MR) is 105 cm³/mol. The van der Waals surface area contributed by atoms with Crippen LogP contribution in [0.25, 0.3) is 10.8 Å². The van der Waals surface area contributed by atoms with E-state index in [0.29, 0.717) is 25.6 Å². The Morgan fingerprint density at radius 3 is 2.48 bits per heavy atom. The fourth-order valence-corrected chi connectivity index (χ4v) is 3.43. The molecule has 6 heteroatoms. The number of carbonyl (C=O) groups is 1. The molecule has 1 aliphatic rings. The van der Waals surface area contributed by atoms with Gasteiger partial charge in [0.25, 0.3) is 5.91 Å². The average molecular weight is 362 g/mol. The number of ether oxygens (including phenoxy) is 1. The summed E-state index contributed by atoms with van der Waals surface area (Å²) < 4.78 is 5.34. The van der Waals surface area contributed by atoms with E-state index in [-0.39, 0.29) is 5.91 Å². The van der Waals surface area contributed by atoms with Crippen LogP contribution in [0.4, 0.5) is 5.82 Å². The molecule has 27 heavy (non-hydrogen) atoms. The highest BCUT2D eigenvalue weighted by Gasteiger charge is 2.24. The largest absolute Gasteiger partial charge is 0.477 e. The Hall–Kier alpha value is -3.15. The maximum absolute atomic E-state index is 13.0. The van der Waals surface area contributed by atoms with Crippen LogP contribution in [0.15, 0.2) is 54.6 Å². The molecule has 0 bridgehead atoms. The van der Waals surface area contributed by atoms with Crippen LogP contribution >= 0.6 is 0 Å². The molecule has 2 heterocycles. The quantitative estimate of drug-likeness (QED) is 0.714. The van der Waals surface area contributed by atoms with E-state index in [1.165, 1.54) is 0 Å². The molecule has 6 nitrogen and oxygen atoms in total. The van der Waals surface area contributed by atoms with E-state index in [4.69, 9.17) is 4.74 Å². The Kier molecular flexibility index (Phi) is 4.87. The van der Waals surface area contributed by atoms with E-state index < -0.39 is 0 Å². The van der Waals surface area contributed by atoms with Crippen molar-refractivity contribution in [2.75, 3.05) is 37.7 Å². The number of benzene rings is 2. The van der Waals surface area contributed by atoms with E-state index in [1.807, 2.05) is 66.4 Å². The van der Waals surface area contributed by atoms with Crippen molar-refractivity contribution in [3.8, 4) is 5.88 Å². The summed E-state index contributed by atoms with van der Waals surface area (Å²) >= 11 is 0. The molecule has 1 saturated heterocycles. The first-order chi connectivity index (χ1) is 13.3. The molecule has 1 aliphatic heterocycles. The third-order valence-electron chi connectivity index (χ3n) is 4.83. The van der Waals surface area contributed by atoms with Gasteiger partial charge in [0, 0.05) is 37.8 Å². The standard InChI is InChI=1S/C21H22N4O2/c1-2-27-20-11-10-19(22-23-20)24-12-14-25(15-13-24)21(26)18-9-5-7-16-6-3-4-8-17(16)18/h3-11H,2,12-15H2,1H3. The molecule has 1 aromatic heterocycles. The zero-order valence-corrected chi connectivity index (χ0v) is 15.3. The monoisotopic (exact) mass is 362 g/mol. The molecule has 4 rings (SSSR count). The van der Waals surface area contributed by atoms with Gasteiger partial charge in [-0.3, -0.25) is 4.79 Å². The van der Waals surface area contributed by atoms with Crippen LogP contribution in [-0.2, 0) is 0 Å². The highest BCUT2D eigenvalue weighted by atomic mass is 16.5. The number of aromatic nitrogens is 2. The van der Waals surface area contributed by atoms with Gasteiger partial charge in [0.2, 0.25) is 5.88 Å². The van der Waals surface area contributed by atoms with Gasteiger partial charge in [-0.1, -0.05) is 36.4 Å². The summed E-state index contributed by atoms with van der Waals surface area (Å²) in [7, 11) is 0. The van der Waals surface area contributed by atoms with Gasteiger partial charge in [-0.25, -0.2) is 0 Å². The third-order valence-corrected chi connectivity index (χ3v) is 4.83. The molecule has 0 spiro atoms. The number of hydrogen-bond acceptors (Lipinski definition) is 5. The number of piperazine rings is 1. The molecule has 2 aromatic carbocycles. The molecular weight excluding hydrogens is 340 g/mol. The minimum absolute atomic E-state index is 0.0872. The summed E-state index contributed by atoms with van der Waals surface area (Å²) in [5, 5.41) is 10.4. The van der Waals surface area contributed by atoms with E-state index in [9.17, 15) is 4.79 Å². The number of nitrogens with zero attached hydrogens (tertiary/aromatic N) is 4. The van der Waals surface area contributed by atoms with Crippen molar-refractivity contribution in [3.63, 3.8) is 0 Å². The second-order valence-corrected chi connectivity index (χ2v) is 6.47. The van der Waals surface area contributed by atoms with E-state index in [2.05, 4.69) is 15.1 Å². The Morgan fingerprint density at radius 2 is 1.74 bits per heavy atom. The van der Waals surface area contributed by atoms with E-state index in [1.54, 1.807) is 0 Å². The van der Waals surface area contributed by atoms with Crippen molar-refractivity contribution in [3.05, 3.63) is 60.2 Å². The predicted octanol–water partition coefficient (Wildman–Crippen LogP) is 2.99. The fourth-order valence-electron chi connectivity index (χ4n) is 3.43. The summed E-state index contributed by atoms with van der Waals surface area (Å²) in [5.74, 6) is 1.44. The van der Waals surface area contributed by atoms with Crippen molar-refractivity contribution >= 4 is 22.5 Å². The van der Waals surface area contributed by atoms with Crippen LogP contribution < -0.4 is 9.64 Å². The van der Waals surface area contributed by atoms with Gasteiger partial charge >= 0.3 is 0 Å². The first kappa shape index (κ1) is 17.3. The van der Waals surface area contributed by atoms with Crippen molar-refractivity contribution in [2.45, 2.75) is 6.92 Å². The molecule has 3 aromatic rings. The average Bonchev–Trinajstić information content (AvgIpc) is 2.74. The van der Waals surface area contributed by atoms with Crippen LogP contribution in [0.5, 0.6) is 5.88 Å². The number of rotatable bonds is 4. The number of carbonyl (C=O) groups excluding carboxylic acids is 1. The Labute approximate surface area is 158 Å². The Morgan fingerprint density at radius 1 is 0.963 bits per heavy atom. The fraction of sp³-hybridized carbons (Fsp3) is 0.286. The molecule has 0 unspecified atom stereocenters. The van der Waals surface area contributed by atoms with Crippen molar-refractivity contribution in [1.29, 1.82) is 0 Å². The lowest BCUT2D eigenvalue weighted by molar-refractivity contribution is 0.0748. The summed E-state index contributed by atoms with van der Waals surface area (Å²) in [6, 6.07) is 17.7. The lowest BCUT2D eigenvalue weighted by Crippen LogP contribution is -2.49. The van der Waals surface area contributed by atoms with Crippen LogP contribution in [-0.4, -0.2) is 53.8 Å². The van der Waals surface area contributed by atoms with Crippen molar-refractivity contribution in [1.82, 2.24) is 15.1 Å². The maximum Gasteiger partial charge on any atom is 0.254 e. The highest BCUT2D eigenvalue weighted by Crippen LogP contribution is 2.21. The smallest absolute Gasteiger partial charge is 0.254 e. The molecule has 138 valence electrons. The lowest BCUT2D eigenvalue weighted by Gasteiger charge is -2.35. The van der Waals surface area contributed by atoms with Crippen LogP contribution in [0.2, 0.25) is 0 Å². The number of anilines is 1. The number of amides is 1. The maximum atomic E-state index is 13.0. The zero-order chi connectivity index (χ0) is 18.6. The van der Waals surface area contributed by atoms with Gasteiger partial charge in [0.05, 0.1) is 6.61 Å². The van der Waals surface area contributed by atoms with Gasteiger partial charge in [-0.2, -0.15) is 0 Å². The van der Waals surface area contributed by atoms with Gasteiger partial charge < -0.3 is 14.5 Å². The van der Waals surface area contributed by atoms with Gasteiger partial charge in [-0.15, -0.1) is 10.2 Å². The number of fused-ring (bicyclic) bond motifs is 1. The lowest BCUT2D eigenvalue weighted by atomic mass is 10.0. The van der Waals surface area contributed by atoms with E-state index in [0.717, 1.165) is 35.2 Å². The Balaban J connectivity index is 1.45. The minimum Gasteiger partial charge on any atom is -0.477 e. The van der Waals surface area contributed by atoms with E-state index >= 15 is 0 Å². The van der Waals surface area contributed by atoms with Gasteiger partial charge in [0.15, 0.2) is 5.82 Å². The zero-order valence-electron chi connectivity index (χ0n) is 15.3. The van der Waals surface area contributed by atoms with Crippen LogP contribution in [0.3, 0.4) is 0 Å². The molecule has 0 saturated carbocycles. The molecule has 1 fully saturated rings. The molecule has 0 atom stereocenters. The second kappa shape index (κ2) is 7.61. The number of hydrogen-bond donors (Lipinski definition) is 0. The Bertz CT molecular complexity index is 929. The normalized spacial score (nSPS) is 14.4. The van der Waals surface area contributed by atoms with Gasteiger partial charge in [0.1, 0.15) is 0 Å². The highest BCUT2D eigenvalue weighted by molar-refractivity contribution is 6.07. The SMILES string of the molecule is CCOc1ccc(N2CCN(C(=O)c3cccc4ccccc34)CC2)nn1. The van der Waals surface area contributed by atoms with Crippen LogP contribution in [0, 0.1) is 0 Å².